The number of hydrogen-bond acceptors (Lipinski definition) is 4. The van der Waals surface area contributed by atoms with E-state index in [0.29, 0.717) is 18.2 Å². The van der Waals surface area contributed by atoms with Crippen molar-refractivity contribution in [1.29, 1.82) is 0 Å². The number of benzene rings is 1. The molecule has 2 aromatic rings. The Morgan fingerprint density at radius 3 is 2.86 bits per heavy atom. The van der Waals surface area contributed by atoms with Crippen LogP contribution in [0.1, 0.15) is 24.3 Å². The summed E-state index contributed by atoms with van der Waals surface area (Å²) in [6.45, 7) is 4.60. The summed E-state index contributed by atoms with van der Waals surface area (Å²) in [6.07, 6.45) is 1.49. The molecule has 0 saturated heterocycles. The highest BCUT2D eigenvalue weighted by atomic mass is 19.1. The largest absolute Gasteiger partial charge is 0.350 e. The fourth-order valence-electron chi connectivity index (χ4n) is 1.63. The minimum Gasteiger partial charge on any atom is -0.350 e. The van der Waals surface area contributed by atoms with Crippen molar-refractivity contribution in [1.82, 2.24) is 15.3 Å². The fraction of sp³-hybridized carbons (Fsp3) is 0.267. The normalized spacial score (nSPS) is 10.5. The number of rotatable bonds is 5. The van der Waals surface area contributed by atoms with Crippen molar-refractivity contribution in [3.63, 3.8) is 0 Å². The van der Waals surface area contributed by atoms with Crippen molar-refractivity contribution in [2.45, 2.75) is 13.8 Å². The van der Waals surface area contributed by atoms with E-state index in [1.807, 2.05) is 13.8 Å². The van der Waals surface area contributed by atoms with E-state index in [9.17, 15) is 9.18 Å². The van der Waals surface area contributed by atoms with Gasteiger partial charge in [0.2, 0.25) is 5.95 Å². The van der Waals surface area contributed by atoms with Gasteiger partial charge in [0.25, 0.3) is 5.91 Å². The molecule has 0 bridgehead atoms. The van der Waals surface area contributed by atoms with Crippen LogP contribution in [0, 0.1) is 11.7 Å². The second-order valence-corrected chi connectivity index (χ2v) is 5.00. The fourth-order valence-corrected chi connectivity index (χ4v) is 1.63. The van der Waals surface area contributed by atoms with Crippen molar-refractivity contribution in [3.05, 3.63) is 48.0 Å². The third kappa shape index (κ3) is 4.52. The third-order valence-corrected chi connectivity index (χ3v) is 2.64. The zero-order valence-electron chi connectivity index (χ0n) is 11.9. The van der Waals surface area contributed by atoms with Gasteiger partial charge in [-0.2, -0.15) is 0 Å². The van der Waals surface area contributed by atoms with Crippen LogP contribution in [-0.4, -0.2) is 22.4 Å². The minimum absolute atomic E-state index is 0.248. The monoisotopic (exact) mass is 288 g/mol. The molecule has 21 heavy (non-hydrogen) atoms. The summed E-state index contributed by atoms with van der Waals surface area (Å²) < 4.78 is 13.1. The zero-order valence-corrected chi connectivity index (χ0v) is 11.9. The van der Waals surface area contributed by atoms with Gasteiger partial charge in [0.05, 0.1) is 0 Å². The number of carbonyl (C=O) groups excluding carboxylic acids is 1. The first-order chi connectivity index (χ1) is 10.0. The number of amides is 1. The molecular weight excluding hydrogens is 271 g/mol. The van der Waals surface area contributed by atoms with Crippen LogP contribution in [-0.2, 0) is 0 Å². The number of carbonyl (C=O) groups is 1. The first kappa shape index (κ1) is 14.9. The summed E-state index contributed by atoms with van der Waals surface area (Å²) in [4.78, 5) is 20.1. The Labute approximate surface area is 122 Å². The molecule has 2 rings (SSSR count). The predicted molar refractivity (Wildman–Crippen MR) is 78.9 cm³/mol. The maximum atomic E-state index is 13.1. The maximum Gasteiger partial charge on any atom is 0.270 e. The smallest absolute Gasteiger partial charge is 0.270 e. The Morgan fingerprint density at radius 2 is 2.14 bits per heavy atom. The predicted octanol–water partition coefficient (Wildman–Crippen LogP) is 2.75. The van der Waals surface area contributed by atoms with Crippen LogP contribution in [0.4, 0.5) is 16.0 Å². The van der Waals surface area contributed by atoms with Crippen molar-refractivity contribution >= 4 is 17.5 Å². The summed E-state index contributed by atoms with van der Waals surface area (Å²) >= 11 is 0. The molecule has 0 unspecified atom stereocenters. The van der Waals surface area contributed by atoms with Crippen LogP contribution in [0.25, 0.3) is 0 Å². The molecule has 6 heteroatoms. The van der Waals surface area contributed by atoms with Gasteiger partial charge in [-0.05, 0) is 30.2 Å². The lowest BCUT2D eigenvalue weighted by Gasteiger charge is -2.08. The molecule has 110 valence electrons. The van der Waals surface area contributed by atoms with Crippen LogP contribution >= 0.6 is 0 Å². The average Bonchev–Trinajstić information content (AvgIpc) is 2.45. The summed E-state index contributed by atoms with van der Waals surface area (Å²) in [5.74, 6) is -0.00213. The topological polar surface area (TPSA) is 66.9 Å². The Hall–Kier alpha value is -2.50. The van der Waals surface area contributed by atoms with Gasteiger partial charge in [-0.15, -0.1) is 0 Å². The SMILES string of the molecule is CC(C)CNC(=O)c1ccnc(Nc2cccc(F)c2)n1. The van der Waals surface area contributed by atoms with E-state index < -0.39 is 0 Å². The first-order valence-electron chi connectivity index (χ1n) is 6.68. The van der Waals surface area contributed by atoms with E-state index in [1.54, 1.807) is 12.1 Å². The van der Waals surface area contributed by atoms with Crippen LogP contribution in [0.3, 0.4) is 0 Å². The molecule has 0 fully saturated rings. The lowest BCUT2D eigenvalue weighted by Crippen LogP contribution is -2.28. The van der Waals surface area contributed by atoms with Gasteiger partial charge in [0.1, 0.15) is 11.5 Å². The number of anilines is 2. The van der Waals surface area contributed by atoms with E-state index in [0.717, 1.165) is 0 Å². The summed E-state index contributed by atoms with van der Waals surface area (Å²) in [5, 5.41) is 5.64. The first-order valence-corrected chi connectivity index (χ1v) is 6.68. The standard InChI is InChI=1S/C15H17FN4O/c1-10(2)9-18-14(21)13-6-7-17-15(20-13)19-12-5-3-4-11(16)8-12/h3-8,10H,9H2,1-2H3,(H,18,21)(H,17,19,20). The van der Waals surface area contributed by atoms with Crippen LogP contribution in [0.5, 0.6) is 0 Å². The van der Waals surface area contributed by atoms with Crippen molar-refractivity contribution in [2.24, 2.45) is 5.92 Å². The molecule has 1 amide bonds. The molecule has 0 aliphatic heterocycles. The summed E-state index contributed by atoms with van der Waals surface area (Å²) in [5.41, 5.74) is 0.791. The van der Waals surface area contributed by atoms with Gasteiger partial charge in [0.15, 0.2) is 0 Å². The molecule has 1 heterocycles. The van der Waals surface area contributed by atoms with E-state index in [-0.39, 0.29) is 23.4 Å². The molecule has 0 saturated carbocycles. The quantitative estimate of drug-likeness (QED) is 0.887. The average molecular weight is 288 g/mol. The molecule has 0 aliphatic rings. The van der Waals surface area contributed by atoms with E-state index in [4.69, 9.17) is 0 Å². The van der Waals surface area contributed by atoms with Crippen molar-refractivity contribution in [3.8, 4) is 0 Å². The molecule has 5 nitrogen and oxygen atoms in total. The molecule has 0 spiro atoms. The Balaban J connectivity index is 2.08. The van der Waals surface area contributed by atoms with E-state index >= 15 is 0 Å². The molecule has 1 aromatic heterocycles. The zero-order chi connectivity index (χ0) is 15.2. The van der Waals surface area contributed by atoms with Gasteiger partial charge >= 0.3 is 0 Å². The van der Waals surface area contributed by atoms with Crippen LogP contribution < -0.4 is 10.6 Å². The van der Waals surface area contributed by atoms with Crippen molar-refractivity contribution < 1.29 is 9.18 Å². The van der Waals surface area contributed by atoms with Gasteiger partial charge in [-0.1, -0.05) is 19.9 Å². The Morgan fingerprint density at radius 1 is 1.33 bits per heavy atom. The number of aromatic nitrogens is 2. The van der Waals surface area contributed by atoms with E-state index in [1.165, 1.54) is 24.4 Å². The number of halogens is 1. The summed E-state index contributed by atoms with van der Waals surface area (Å²) in [6, 6.07) is 7.48. The van der Waals surface area contributed by atoms with Crippen LogP contribution in [0.2, 0.25) is 0 Å². The molecule has 0 atom stereocenters. The van der Waals surface area contributed by atoms with Gasteiger partial charge < -0.3 is 10.6 Å². The van der Waals surface area contributed by atoms with Gasteiger partial charge in [-0.3, -0.25) is 4.79 Å². The molecule has 2 N–H and O–H groups in total. The molecule has 1 aromatic carbocycles. The lowest BCUT2D eigenvalue weighted by atomic mass is 10.2. The lowest BCUT2D eigenvalue weighted by molar-refractivity contribution is 0.0944. The highest BCUT2D eigenvalue weighted by Crippen LogP contribution is 2.13. The Bertz CT molecular complexity index is 631. The molecule has 0 aliphatic carbocycles. The molecule has 0 radical (unpaired) electrons. The second kappa shape index (κ2) is 6.78. The van der Waals surface area contributed by atoms with Crippen LogP contribution in [0.15, 0.2) is 36.5 Å². The van der Waals surface area contributed by atoms with Crippen molar-refractivity contribution in [2.75, 3.05) is 11.9 Å². The second-order valence-electron chi connectivity index (χ2n) is 5.00. The molecular formula is C15H17FN4O. The third-order valence-electron chi connectivity index (χ3n) is 2.64. The minimum atomic E-state index is -0.356. The van der Waals surface area contributed by atoms with Gasteiger partial charge in [0, 0.05) is 18.4 Å². The highest BCUT2D eigenvalue weighted by molar-refractivity contribution is 5.92. The van der Waals surface area contributed by atoms with Gasteiger partial charge in [-0.25, -0.2) is 14.4 Å². The highest BCUT2D eigenvalue weighted by Gasteiger charge is 2.09. The Kier molecular flexibility index (Phi) is 4.81. The number of hydrogen-bond donors (Lipinski definition) is 2. The summed E-state index contributed by atoms with van der Waals surface area (Å²) in [7, 11) is 0. The number of nitrogens with zero attached hydrogens (tertiary/aromatic N) is 2. The maximum absolute atomic E-state index is 13.1. The van der Waals surface area contributed by atoms with E-state index in [2.05, 4.69) is 20.6 Å². The number of nitrogens with one attached hydrogen (secondary N) is 2.